The van der Waals surface area contributed by atoms with Crippen LogP contribution in [0.3, 0.4) is 0 Å². The first-order valence-corrected chi connectivity index (χ1v) is 10.1. The minimum absolute atomic E-state index is 0.0130. The summed E-state index contributed by atoms with van der Waals surface area (Å²) in [6, 6.07) is 12.2. The number of fused-ring (bicyclic) bond motifs is 1. The normalized spacial score (nSPS) is 11.0. The molecule has 0 aliphatic rings. The van der Waals surface area contributed by atoms with E-state index in [2.05, 4.69) is 5.32 Å². The van der Waals surface area contributed by atoms with Crippen molar-refractivity contribution in [2.45, 2.75) is 6.92 Å². The van der Waals surface area contributed by atoms with Gasteiger partial charge in [-0.1, -0.05) is 47.5 Å². The lowest BCUT2D eigenvalue weighted by Gasteiger charge is -2.09. The van der Waals surface area contributed by atoms with Crippen molar-refractivity contribution in [3.8, 4) is 10.4 Å². The number of carbonyl (C=O) groups excluding carboxylic acids is 1. The predicted molar refractivity (Wildman–Crippen MR) is 116 cm³/mol. The lowest BCUT2D eigenvalue weighted by atomic mass is 10.0. The van der Waals surface area contributed by atoms with Crippen LogP contribution in [0.2, 0.25) is 10.0 Å². The summed E-state index contributed by atoms with van der Waals surface area (Å²) in [5, 5.41) is 15.5. The highest BCUT2D eigenvalue weighted by atomic mass is 35.5. The maximum absolute atomic E-state index is 12.6. The van der Waals surface area contributed by atoms with Crippen LogP contribution in [0.15, 0.2) is 52.3 Å². The number of furan rings is 1. The Morgan fingerprint density at radius 3 is 2.62 bits per heavy atom. The summed E-state index contributed by atoms with van der Waals surface area (Å²) in [7, 11) is 0. The summed E-state index contributed by atoms with van der Waals surface area (Å²) in [5.74, 6) is -1.59. The monoisotopic (exact) mass is 445 g/mol. The quantitative estimate of drug-likeness (QED) is 0.364. The highest BCUT2D eigenvalue weighted by Gasteiger charge is 2.24. The van der Waals surface area contributed by atoms with Gasteiger partial charge in [-0.15, -0.1) is 11.3 Å². The zero-order valence-electron chi connectivity index (χ0n) is 15.0. The number of para-hydroxylation sites is 1. The van der Waals surface area contributed by atoms with Crippen molar-refractivity contribution in [2.75, 3.05) is 5.32 Å². The number of hydrogen-bond acceptors (Lipinski definition) is 4. The first-order valence-electron chi connectivity index (χ1n) is 8.46. The number of amides is 1. The Morgan fingerprint density at radius 2 is 1.90 bits per heavy atom. The molecule has 0 aliphatic heterocycles. The van der Waals surface area contributed by atoms with E-state index in [0.29, 0.717) is 31.6 Å². The van der Waals surface area contributed by atoms with Crippen molar-refractivity contribution in [3.63, 3.8) is 0 Å². The van der Waals surface area contributed by atoms with E-state index in [-0.39, 0.29) is 17.0 Å². The Balaban J connectivity index is 1.73. The maximum atomic E-state index is 12.6. The number of carbonyl (C=O) groups is 2. The Bertz CT molecular complexity index is 1240. The van der Waals surface area contributed by atoms with Gasteiger partial charge in [0.25, 0.3) is 5.91 Å². The van der Waals surface area contributed by atoms with Gasteiger partial charge in [0.2, 0.25) is 0 Å². The van der Waals surface area contributed by atoms with Crippen LogP contribution >= 0.6 is 34.5 Å². The van der Waals surface area contributed by atoms with Crippen LogP contribution in [-0.4, -0.2) is 17.0 Å². The SMILES string of the molecule is Cc1c(-c2scc(NC(=O)c3cc4ccccc4o3)c2C(=O)O)ccc(Cl)c1Cl. The molecular formula is C21H13Cl2NO4S. The van der Waals surface area contributed by atoms with E-state index in [1.54, 1.807) is 42.6 Å². The lowest BCUT2D eigenvalue weighted by molar-refractivity contribution is 0.0699. The van der Waals surface area contributed by atoms with Crippen LogP contribution in [0.4, 0.5) is 5.69 Å². The summed E-state index contributed by atoms with van der Waals surface area (Å²) in [6.07, 6.45) is 0. The number of anilines is 1. The van der Waals surface area contributed by atoms with E-state index in [1.807, 2.05) is 12.1 Å². The summed E-state index contributed by atoms with van der Waals surface area (Å²) in [6.45, 7) is 1.77. The highest BCUT2D eigenvalue weighted by molar-refractivity contribution is 7.14. The number of rotatable bonds is 4. The minimum atomic E-state index is -1.16. The van der Waals surface area contributed by atoms with Crippen molar-refractivity contribution in [2.24, 2.45) is 0 Å². The Kier molecular flexibility index (Phi) is 5.08. The molecule has 0 saturated heterocycles. The number of hydrogen-bond donors (Lipinski definition) is 2. The molecule has 0 fully saturated rings. The van der Waals surface area contributed by atoms with E-state index in [0.717, 1.165) is 5.39 Å². The molecule has 146 valence electrons. The van der Waals surface area contributed by atoms with Crippen LogP contribution in [0.25, 0.3) is 21.4 Å². The fourth-order valence-electron chi connectivity index (χ4n) is 3.04. The second-order valence-corrected chi connectivity index (χ2v) is 7.96. The van der Waals surface area contributed by atoms with Crippen LogP contribution < -0.4 is 5.32 Å². The summed E-state index contributed by atoms with van der Waals surface area (Å²) < 4.78 is 5.55. The van der Waals surface area contributed by atoms with Crippen molar-refractivity contribution >= 4 is 63.1 Å². The predicted octanol–water partition coefficient (Wildman–Crippen LogP) is 6.73. The minimum Gasteiger partial charge on any atom is -0.478 e. The second kappa shape index (κ2) is 7.55. The third-order valence-electron chi connectivity index (χ3n) is 4.49. The molecule has 0 spiro atoms. The summed E-state index contributed by atoms with van der Waals surface area (Å²) >= 11 is 13.5. The first-order chi connectivity index (χ1) is 13.9. The van der Waals surface area contributed by atoms with Gasteiger partial charge in [0.1, 0.15) is 11.1 Å². The number of nitrogens with one attached hydrogen (secondary N) is 1. The molecule has 4 aromatic rings. The zero-order valence-corrected chi connectivity index (χ0v) is 17.3. The van der Waals surface area contributed by atoms with Gasteiger partial charge in [-0.2, -0.15) is 0 Å². The number of carboxylic acids is 1. The molecule has 0 unspecified atom stereocenters. The topological polar surface area (TPSA) is 79.5 Å². The fourth-order valence-corrected chi connectivity index (χ4v) is 4.48. The average Bonchev–Trinajstić information content (AvgIpc) is 3.30. The molecule has 29 heavy (non-hydrogen) atoms. The Morgan fingerprint density at radius 1 is 1.14 bits per heavy atom. The molecule has 8 heteroatoms. The smallest absolute Gasteiger partial charge is 0.339 e. The van der Waals surface area contributed by atoms with Crippen LogP contribution in [0.1, 0.15) is 26.5 Å². The third kappa shape index (κ3) is 3.51. The number of carboxylic acid groups (broad SMARTS) is 1. The highest BCUT2D eigenvalue weighted by Crippen LogP contribution is 2.41. The van der Waals surface area contributed by atoms with Crippen molar-refractivity contribution in [3.05, 3.63) is 74.8 Å². The molecular weight excluding hydrogens is 433 g/mol. The number of thiophene rings is 1. The Hall–Kier alpha value is -2.80. The standard InChI is InChI=1S/C21H13Cl2NO4S/c1-10-12(6-7-13(22)18(10)23)19-17(21(26)27)14(9-29-19)24-20(25)16-8-11-4-2-3-5-15(11)28-16/h2-9H,1H3,(H,24,25)(H,26,27). The van der Waals surface area contributed by atoms with Gasteiger partial charge in [0.05, 0.1) is 20.6 Å². The van der Waals surface area contributed by atoms with Crippen molar-refractivity contribution in [1.29, 1.82) is 0 Å². The molecule has 2 N–H and O–H groups in total. The molecule has 4 rings (SSSR count). The average molecular weight is 446 g/mol. The third-order valence-corrected chi connectivity index (χ3v) is 6.40. The van der Waals surface area contributed by atoms with E-state index in [4.69, 9.17) is 27.6 Å². The number of benzene rings is 2. The van der Waals surface area contributed by atoms with Gasteiger partial charge in [0, 0.05) is 10.8 Å². The zero-order chi connectivity index (χ0) is 20.7. The van der Waals surface area contributed by atoms with Gasteiger partial charge in [-0.05, 0) is 36.2 Å². The van der Waals surface area contributed by atoms with E-state index in [1.165, 1.54) is 11.3 Å². The van der Waals surface area contributed by atoms with Gasteiger partial charge in [-0.25, -0.2) is 4.79 Å². The molecule has 2 heterocycles. The van der Waals surface area contributed by atoms with Crippen molar-refractivity contribution < 1.29 is 19.1 Å². The van der Waals surface area contributed by atoms with E-state index < -0.39 is 11.9 Å². The molecule has 2 aromatic carbocycles. The number of halogens is 2. The largest absolute Gasteiger partial charge is 0.478 e. The lowest BCUT2D eigenvalue weighted by Crippen LogP contribution is -2.13. The molecule has 0 saturated carbocycles. The van der Waals surface area contributed by atoms with Gasteiger partial charge in [0.15, 0.2) is 5.76 Å². The molecule has 2 aromatic heterocycles. The van der Waals surface area contributed by atoms with E-state index >= 15 is 0 Å². The first kappa shape index (κ1) is 19.5. The van der Waals surface area contributed by atoms with Gasteiger partial charge in [-0.3, -0.25) is 4.79 Å². The van der Waals surface area contributed by atoms with Crippen LogP contribution in [-0.2, 0) is 0 Å². The fraction of sp³-hybridized carbons (Fsp3) is 0.0476. The maximum Gasteiger partial charge on any atom is 0.339 e. The summed E-state index contributed by atoms with van der Waals surface area (Å²) in [4.78, 5) is 25.1. The van der Waals surface area contributed by atoms with E-state index in [9.17, 15) is 14.7 Å². The molecule has 0 radical (unpaired) electrons. The van der Waals surface area contributed by atoms with Crippen LogP contribution in [0.5, 0.6) is 0 Å². The van der Waals surface area contributed by atoms with Gasteiger partial charge >= 0.3 is 5.97 Å². The second-order valence-electron chi connectivity index (χ2n) is 6.30. The van der Waals surface area contributed by atoms with Crippen LogP contribution in [0, 0.1) is 6.92 Å². The molecule has 0 atom stereocenters. The van der Waals surface area contributed by atoms with Gasteiger partial charge < -0.3 is 14.8 Å². The van der Waals surface area contributed by atoms with Crippen molar-refractivity contribution in [1.82, 2.24) is 0 Å². The molecule has 1 amide bonds. The number of aromatic carboxylic acids is 1. The Labute approximate surface area is 179 Å². The summed E-state index contributed by atoms with van der Waals surface area (Å²) in [5.41, 5.74) is 2.06. The molecule has 5 nitrogen and oxygen atoms in total. The molecule has 0 aliphatic carbocycles. The molecule has 0 bridgehead atoms.